The van der Waals surface area contributed by atoms with Crippen molar-refractivity contribution >= 4 is 16.7 Å². The molecule has 0 spiro atoms. The van der Waals surface area contributed by atoms with Gasteiger partial charge in [0, 0.05) is 35.1 Å². The fourth-order valence-electron chi connectivity index (χ4n) is 6.42. The highest BCUT2D eigenvalue weighted by atomic mass is 16.7. The zero-order valence-electron chi connectivity index (χ0n) is 22.1. The smallest absolute Gasteiger partial charge is 0.339 e. The zero-order valence-corrected chi connectivity index (χ0v) is 22.1. The van der Waals surface area contributed by atoms with Crippen LogP contribution in [0.5, 0.6) is 28.7 Å². The van der Waals surface area contributed by atoms with Gasteiger partial charge in [-0.1, -0.05) is 6.07 Å². The van der Waals surface area contributed by atoms with E-state index in [1.807, 2.05) is 30.3 Å². The van der Waals surface area contributed by atoms with Crippen LogP contribution in [0.3, 0.4) is 0 Å². The number of benzene rings is 3. The summed E-state index contributed by atoms with van der Waals surface area (Å²) in [6, 6.07) is 10.5. The molecule has 0 amide bonds. The van der Waals surface area contributed by atoms with E-state index in [1.165, 1.54) is 12.8 Å². The maximum absolute atomic E-state index is 13.2. The van der Waals surface area contributed by atoms with Crippen molar-refractivity contribution in [3.05, 3.63) is 41.5 Å². The van der Waals surface area contributed by atoms with E-state index in [2.05, 4.69) is 4.90 Å². The minimum absolute atomic E-state index is 0.152. The van der Waals surface area contributed by atoms with E-state index < -0.39 is 0 Å². The highest BCUT2D eigenvalue weighted by molar-refractivity contribution is 6.14. The van der Waals surface area contributed by atoms with E-state index in [-0.39, 0.29) is 19.4 Å². The Morgan fingerprint density at radius 1 is 0.897 bits per heavy atom. The first kappa shape index (κ1) is 24.4. The van der Waals surface area contributed by atoms with E-state index >= 15 is 0 Å². The molecular weight excluding hydrogens is 502 g/mol. The van der Waals surface area contributed by atoms with Crippen LogP contribution >= 0.6 is 0 Å². The summed E-state index contributed by atoms with van der Waals surface area (Å²) in [5.74, 6) is 2.74. The van der Waals surface area contributed by atoms with E-state index in [0.29, 0.717) is 53.0 Å². The van der Waals surface area contributed by atoms with Crippen LogP contribution < -0.4 is 23.7 Å². The maximum atomic E-state index is 13.2. The van der Waals surface area contributed by atoms with Gasteiger partial charge in [-0.05, 0) is 54.5 Å². The number of methoxy groups -OCH3 is 2. The Morgan fingerprint density at radius 3 is 2.41 bits per heavy atom. The van der Waals surface area contributed by atoms with Crippen molar-refractivity contribution in [3.8, 4) is 39.9 Å². The molecule has 0 aliphatic carbocycles. The Morgan fingerprint density at radius 2 is 1.64 bits per heavy atom. The van der Waals surface area contributed by atoms with Crippen molar-refractivity contribution in [2.24, 2.45) is 0 Å². The van der Waals surface area contributed by atoms with Crippen molar-refractivity contribution in [3.63, 3.8) is 0 Å². The molecule has 2 fully saturated rings. The SMILES string of the molecule is COc1cc2c(OCCCN3C4CCC3COC4)c3c(c(-c4ccc5c(c4)OCO5)c2cc1OC)C(=O)OC3. The highest BCUT2D eigenvalue weighted by Gasteiger charge is 2.37. The number of morpholine rings is 1. The van der Waals surface area contributed by atoms with E-state index in [0.717, 1.165) is 53.6 Å². The second-order valence-electron chi connectivity index (χ2n) is 10.3. The third-order valence-corrected chi connectivity index (χ3v) is 8.28. The van der Waals surface area contributed by atoms with Gasteiger partial charge in [-0.15, -0.1) is 0 Å². The monoisotopic (exact) mass is 533 g/mol. The van der Waals surface area contributed by atoms with Crippen LogP contribution in [0.15, 0.2) is 30.3 Å². The van der Waals surface area contributed by atoms with Crippen molar-refractivity contribution in [2.45, 2.75) is 38.0 Å². The standard InChI is InChI=1S/C30H31NO8/c1-33-24-11-20-21(12-25(24)34-2)29(36-9-3-8-31-18-5-6-19(31)14-35-13-18)22-15-37-30(32)28(22)27(20)17-4-7-23-26(10-17)39-16-38-23/h4,7,10-12,18-19H,3,5-6,8-9,13-16H2,1-2H3. The van der Waals surface area contributed by atoms with Gasteiger partial charge in [0.05, 0.1) is 39.6 Å². The Kier molecular flexibility index (Phi) is 6.12. The third kappa shape index (κ3) is 4.03. The number of hydrogen-bond acceptors (Lipinski definition) is 9. The van der Waals surface area contributed by atoms with Gasteiger partial charge in [-0.3, -0.25) is 4.90 Å². The van der Waals surface area contributed by atoms with Crippen LogP contribution in [0, 0.1) is 0 Å². The van der Waals surface area contributed by atoms with Gasteiger partial charge >= 0.3 is 5.97 Å². The first-order chi connectivity index (χ1) is 19.2. The molecule has 204 valence electrons. The molecule has 0 N–H and O–H groups in total. The van der Waals surface area contributed by atoms with Crippen LogP contribution in [0.4, 0.5) is 0 Å². The lowest BCUT2D eigenvalue weighted by molar-refractivity contribution is -0.0160. The molecule has 3 aromatic carbocycles. The number of nitrogens with zero attached hydrogens (tertiary/aromatic N) is 1. The maximum Gasteiger partial charge on any atom is 0.339 e. The molecule has 9 nitrogen and oxygen atoms in total. The quantitative estimate of drug-likeness (QED) is 0.306. The van der Waals surface area contributed by atoms with Crippen LogP contribution in [-0.4, -0.2) is 70.3 Å². The number of cyclic esters (lactones) is 1. The van der Waals surface area contributed by atoms with Crippen molar-refractivity contribution in [2.75, 3.05) is 47.4 Å². The minimum atomic E-state index is -0.371. The summed E-state index contributed by atoms with van der Waals surface area (Å²) in [7, 11) is 3.21. The predicted molar refractivity (Wildman–Crippen MR) is 142 cm³/mol. The van der Waals surface area contributed by atoms with E-state index in [9.17, 15) is 4.79 Å². The Bertz CT molecular complexity index is 1440. The van der Waals surface area contributed by atoms with Gasteiger partial charge in [-0.2, -0.15) is 0 Å². The van der Waals surface area contributed by atoms with Crippen molar-refractivity contribution in [1.29, 1.82) is 0 Å². The second-order valence-corrected chi connectivity index (χ2v) is 10.3. The Labute approximate surface area is 226 Å². The molecule has 2 bridgehead atoms. The Balaban J connectivity index is 1.30. The summed E-state index contributed by atoms with van der Waals surface area (Å²) in [5.41, 5.74) is 2.83. The summed E-state index contributed by atoms with van der Waals surface area (Å²) in [6.45, 7) is 3.43. The average molecular weight is 534 g/mol. The van der Waals surface area contributed by atoms with Crippen LogP contribution in [0.2, 0.25) is 0 Å². The number of rotatable bonds is 8. The van der Waals surface area contributed by atoms with Crippen LogP contribution in [-0.2, 0) is 16.1 Å². The topological polar surface area (TPSA) is 84.9 Å². The molecule has 4 aliphatic rings. The normalized spacial score (nSPS) is 21.2. The summed E-state index contributed by atoms with van der Waals surface area (Å²) >= 11 is 0. The number of fused-ring (bicyclic) bond motifs is 5. The van der Waals surface area contributed by atoms with Gasteiger partial charge in [0.15, 0.2) is 23.0 Å². The fourth-order valence-corrected chi connectivity index (χ4v) is 6.42. The van der Waals surface area contributed by atoms with Crippen LogP contribution in [0.1, 0.15) is 35.2 Å². The molecule has 0 saturated carbocycles. The minimum Gasteiger partial charge on any atom is -0.493 e. The molecule has 39 heavy (non-hydrogen) atoms. The summed E-state index contributed by atoms with van der Waals surface area (Å²) in [5, 5.41) is 1.65. The number of hydrogen-bond donors (Lipinski definition) is 0. The molecule has 0 aromatic heterocycles. The fraction of sp³-hybridized carbons (Fsp3) is 0.433. The predicted octanol–water partition coefficient (Wildman–Crippen LogP) is 4.56. The number of carbonyl (C=O) groups excluding carboxylic acids is 1. The van der Waals surface area contributed by atoms with Gasteiger partial charge in [0.25, 0.3) is 0 Å². The molecule has 4 heterocycles. The molecular formula is C30H31NO8. The van der Waals surface area contributed by atoms with Gasteiger partial charge < -0.3 is 33.2 Å². The lowest BCUT2D eigenvalue weighted by atomic mass is 9.89. The van der Waals surface area contributed by atoms with Gasteiger partial charge in [-0.25, -0.2) is 4.79 Å². The molecule has 4 aliphatic heterocycles. The molecule has 2 atom stereocenters. The third-order valence-electron chi connectivity index (χ3n) is 8.28. The zero-order chi connectivity index (χ0) is 26.5. The van der Waals surface area contributed by atoms with E-state index in [1.54, 1.807) is 14.2 Å². The lowest BCUT2D eigenvalue weighted by Gasteiger charge is -2.34. The van der Waals surface area contributed by atoms with Crippen molar-refractivity contribution < 1.29 is 38.0 Å². The summed E-state index contributed by atoms with van der Waals surface area (Å²) in [6.07, 6.45) is 3.27. The molecule has 3 aromatic rings. The van der Waals surface area contributed by atoms with Crippen LogP contribution in [0.25, 0.3) is 21.9 Å². The largest absolute Gasteiger partial charge is 0.493 e. The highest BCUT2D eigenvalue weighted by Crippen LogP contribution is 2.49. The molecule has 7 rings (SSSR count). The number of ether oxygens (including phenoxy) is 7. The average Bonchev–Trinajstić information content (AvgIpc) is 3.64. The number of carbonyl (C=O) groups is 1. The lowest BCUT2D eigenvalue weighted by Crippen LogP contribution is -2.46. The summed E-state index contributed by atoms with van der Waals surface area (Å²) in [4.78, 5) is 15.7. The molecule has 2 unspecified atom stereocenters. The molecule has 2 saturated heterocycles. The molecule has 0 radical (unpaired) electrons. The molecule has 9 heteroatoms. The Hall–Kier alpha value is -3.69. The number of esters is 1. The van der Waals surface area contributed by atoms with Gasteiger partial charge in [0.1, 0.15) is 12.4 Å². The summed E-state index contributed by atoms with van der Waals surface area (Å²) < 4.78 is 40.3. The second kappa shape index (κ2) is 9.81. The van der Waals surface area contributed by atoms with Crippen molar-refractivity contribution in [1.82, 2.24) is 4.90 Å². The first-order valence-electron chi connectivity index (χ1n) is 13.4. The van der Waals surface area contributed by atoms with E-state index in [4.69, 9.17) is 33.2 Å². The first-order valence-corrected chi connectivity index (χ1v) is 13.4. The van der Waals surface area contributed by atoms with Gasteiger partial charge in [0.2, 0.25) is 6.79 Å².